The molecule has 4 nitrogen and oxygen atoms in total. The molecule has 2 aromatic rings. The Kier molecular flexibility index (Phi) is 5.51. The lowest BCUT2D eigenvalue weighted by Gasteiger charge is -2.35. The van der Waals surface area contributed by atoms with Crippen LogP contribution in [0.4, 0.5) is 4.39 Å². The van der Waals surface area contributed by atoms with Crippen molar-refractivity contribution in [3.8, 4) is 0 Å². The standard InChI is InChI=1S/C19H26FN3O/c1-2-3-10-23-11-5-4-7-14(23)13-21-19(24)18-12-15-16(20)8-6-9-17(15)22-18/h6,8-9,12,14,22H,2-5,7,10-11,13H2,1H3,(H,21,24). The number of unbranched alkanes of at least 4 members (excludes halogenated alkanes) is 1. The lowest BCUT2D eigenvalue weighted by atomic mass is 10.0. The average Bonchev–Trinajstić information content (AvgIpc) is 3.04. The summed E-state index contributed by atoms with van der Waals surface area (Å²) in [5.74, 6) is -0.465. The third kappa shape index (κ3) is 3.78. The molecule has 1 aromatic heterocycles. The summed E-state index contributed by atoms with van der Waals surface area (Å²) in [5.41, 5.74) is 1.08. The number of hydrogen-bond acceptors (Lipinski definition) is 2. The van der Waals surface area contributed by atoms with Crippen LogP contribution in [0.2, 0.25) is 0 Å². The van der Waals surface area contributed by atoms with E-state index in [2.05, 4.69) is 22.1 Å². The highest BCUT2D eigenvalue weighted by Gasteiger charge is 2.22. The second-order valence-electron chi connectivity index (χ2n) is 6.63. The summed E-state index contributed by atoms with van der Waals surface area (Å²) in [5, 5.41) is 3.48. The van der Waals surface area contributed by atoms with Crippen molar-refractivity contribution >= 4 is 16.8 Å². The molecule has 1 aliphatic rings. The molecule has 0 spiro atoms. The summed E-state index contributed by atoms with van der Waals surface area (Å²) >= 11 is 0. The van der Waals surface area contributed by atoms with Crippen LogP contribution in [0.15, 0.2) is 24.3 Å². The number of carbonyl (C=O) groups is 1. The average molecular weight is 331 g/mol. The summed E-state index contributed by atoms with van der Waals surface area (Å²) in [6.07, 6.45) is 5.99. The summed E-state index contributed by atoms with van der Waals surface area (Å²) in [6.45, 7) is 5.09. The SMILES string of the molecule is CCCCN1CCCCC1CNC(=O)c1cc2c(F)cccc2[nH]1. The van der Waals surface area contributed by atoms with Gasteiger partial charge in [-0.2, -0.15) is 0 Å². The van der Waals surface area contributed by atoms with Gasteiger partial charge in [0.2, 0.25) is 0 Å². The quantitative estimate of drug-likeness (QED) is 0.848. The van der Waals surface area contributed by atoms with Gasteiger partial charge in [0.1, 0.15) is 11.5 Å². The molecule has 0 bridgehead atoms. The summed E-state index contributed by atoms with van der Waals surface area (Å²) in [7, 11) is 0. The van der Waals surface area contributed by atoms with E-state index in [-0.39, 0.29) is 11.7 Å². The van der Waals surface area contributed by atoms with Gasteiger partial charge in [-0.05, 0) is 50.6 Å². The minimum absolute atomic E-state index is 0.161. The molecule has 5 heteroatoms. The monoisotopic (exact) mass is 331 g/mol. The molecule has 2 heterocycles. The molecule has 1 aliphatic heterocycles. The molecule has 130 valence electrons. The number of fused-ring (bicyclic) bond motifs is 1. The maximum absolute atomic E-state index is 13.8. The highest BCUT2D eigenvalue weighted by atomic mass is 19.1. The Balaban J connectivity index is 1.62. The van der Waals surface area contributed by atoms with Gasteiger partial charge < -0.3 is 10.3 Å². The van der Waals surface area contributed by atoms with Gasteiger partial charge >= 0.3 is 0 Å². The van der Waals surface area contributed by atoms with Gasteiger partial charge in [0.05, 0.1) is 0 Å². The van der Waals surface area contributed by atoms with Crippen LogP contribution in [-0.4, -0.2) is 41.5 Å². The van der Waals surface area contributed by atoms with Crippen molar-refractivity contribution in [2.45, 2.75) is 45.1 Å². The van der Waals surface area contributed by atoms with Crippen LogP contribution >= 0.6 is 0 Å². The van der Waals surface area contributed by atoms with Crippen LogP contribution in [-0.2, 0) is 0 Å². The van der Waals surface area contributed by atoms with E-state index in [1.165, 1.54) is 31.7 Å². The molecule has 2 N–H and O–H groups in total. The van der Waals surface area contributed by atoms with Crippen LogP contribution in [0, 0.1) is 5.82 Å². The van der Waals surface area contributed by atoms with E-state index >= 15 is 0 Å². The number of halogens is 1. The van der Waals surface area contributed by atoms with Gasteiger partial charge in [0, 0.05) is 23.5 Å². The maximum Gasteiger partial charge on any atom is 0.267 e. The molecule has 0 saturated carbocycles. The molecule has 0 radical (unpaired) electrons. The second-order valence-corrected chi connectivity index (χ2v) is 6.63. The van der Waals surface area contributed by atoms with E-state index in [0.717, 1.165) is 19.5 Å². The Morgan fingerprint density at radius 3 is 3.08 bits per heavy atom. The van der Waals surface area contributed by atoms with Gasteiger partial charge in [-0.3, -0.25) is 9.69 Å². The number of nitrogens with one attached hydrogen (secondary N) is 2. The van der Waals surface area contributed by atoms with Crippen molar-refractivity contribution in [1.29, 1.82) is 0 Å². The Bertz CT molecular complexity index is 697. The first-order chi connectivity index (χ1) is 11.7. The fourth-order valence-corrected chi connectivity index (χ4v) is 3.49. The lowest BCUT2D eigenvalue weighted by Crippen LogP contribution is -2.47. The predicted octanol–water partition coefficient (Wildman–Crippen LogP) is 3.69. The van der Waals surface area contributed by atoms with Gasteiger partial charge in [-0.25, -0.2) is 4.39 Å². The molecule has 1 fully saturated rings. The van der Waals surface area contributed by atoms with Gasteiger partial charge in [0.15, 0.2) is 0 Å². The molecular weight excluding hydrogens is 305 g/mol. The van der Waals surface area contributed by atoms with Crippen LogP contribution in [0.25, 0.3) is 10.9 Å². The number of likely N-dealkylation sites (tertiary alicyclic amines) is 1. The van der Waals surface area contributed by atoms with E-state index < -0.39 is 0 Å². The first kappa shape index (κ1) is 17.0. The molecule has 1 aromatic carbocycles. The number of aromatic amines is 1. The number of hydrogen-bond donors (Lipinski definition) is 2. The van der Waals surface area contributed by atoms with Crippen LogP contribution in [0.5, 0.6) is 0 Å². The molecule has 1 amide bonds. The Morgan fingerprint density at radius 2 is 2.29 bits per heavy atom. The topological polar surface area (TPSA) is 48.1 Å². The third-order valence-electron chi connectivity index (χ3n) is 4.90. The number of piperidine rings is 1. The van der Waals surface area contributed by atoms with Crippen LogP contribution in [0.3, 0.4) is 0 Å². The van der Waals surface area contributed by atoms with E-state index in [1.807, 2.05) is 0 Å². The van der Waals surface area contributed by atoms with Crippen molar-refractivity contribution in [2.75, 3.05) is 19.6 Å². The smallest absolute Gasteiger partial charge is 0.267 e. The van der Waals surface area contributed by atoms with E-state index in [1.54, 1.807) is 18.2 Å². The zero-order valence-corrected chi connectivity index (χ0v) is 14.3. The highest BCUT2D eigenvalue weighted by Crippen LogP contribution is 2.19. The minimum Gasteiger partial charge on any atom is -0.350 e. The van der Waals surface area contributed by atoms with E-state index in [4.69, 9.17) is 0 Å². The first-order valence-corrected chi connectivity index (χ1v) is 8.98. The molecule has 3 rings (SSSR count). The molecule has 1 saturated heterocycles. The zero-order chi connectivity index (χ0) is 16.9. The predicted molar refractivity (Wildman–Crippen MR) is 94.7 cm³/mol. The molecular formula is C19H26FN3O. The molecule has 24 heavy (non-hydrogen) atoms. The fourth-order valence-electron chi connectivity index (χ4n) is 3.49. The van der Waals surface area contributed by atoms with Crippen LogP contribution in [0.1, 0.15) is 49.5 Å². The van der Waals surface area contributed by atoms with Crippen molar-refractivity contribution in [1.82, 2.24) is 15.2 Å². The summed E-state index contributed by atoms with van der Waals surface area (Å²) in [6, 6.07) is 6.84. The van der Waals surface area contributed by atoms with Gasteiger partial charge in [0.25, 0.3) is 5.91 Å². The third-order valence-corrected chi connectivity index (χ3v) is 4.90. The first-order valence-electron chi connectivity index (χ1n) is 8.98. The second kappa shape index (κ2) is 7.79. The lowest BCUT2D eigenvalue weighted by molar-refractivity contribution is 0.0908. The Hall–Kier alpha value is -1.88. The minimum atomic E-state index is -0.305. The number of H-pyrrole nitrogens is 1. The normalized spacial score (nSPS) is 18.8. The highest BCUT2D eigenvalue weighted by molar-refractivity contribution is 5.98. The Morgan fingerprint density at radius 1 is 1.42 bits per heavy atom. The number of benzene rings is 1. The zero-order valence-electron chi connectivity index (χ0n) is 14.3. The number of carbonyl (C=O) groups excluding carboxylic acids is 1. The number of aromatic nitrogens is 1. The molecule has 1 atom stereocenters. The summed E-state index contributed by atoms with van der Waals surface area (Å²) in [4.78, 5) is 17.9. The van der Waals surface area contributed by atoms with Crippen LogP contribution < -0.4 is 5.32 Å². The molecule has 0 aliphatic carbocycles. The summed E-state index contributed by atoms with van der Waals surface area (Å²) < 4.78 is 13.8. The van der Waals surface area contributed by atoms with Crippen molar-refractivity contribution in [2.24, 2.45) is 0 Å². The largest absolute Gasteiger partial charge is 0.350 e. The van der Waals surface area contributed by atoms with Gasteiger partial charge in [-0.15, -0.1) is 0 Å². The number of amides is 1. The van der Waals surface area contributed by atoms with E-state index in [0.29, 0.717) is 29.2 Å². The fraction of sp³-hybridized carbons (Fsp3) is 0.526. The maximum atomic E-state index is 13.8. The van der Waals surface area contributed by atoms with Crippen molar-refractivity contribution < 1.29 is 9.18 Å². The number of rotatable bonds is 6. The van der Waals surface area contributed by atoms with Gasteiger partial charge in [-0.1, -0.05) is 25.8 Å². The molecule has 1 unspecified atom stereocenters. The van der Waals surface area contributed by atoms with E-state index in [9.17, 15) is 9.18 Å². The Labute approximate surface area is 142 Å². The number of nitrogens with zero attached hydrogens (tertiary/aromatic N) is 1. The van der Waals surface area contributed by atoms with Crippen molar-refractivity contribution in [3.05, 3.63) is 35.8 Å². The van der Waals surface area contributed by atoms with Crippen molar-refractivity contribution in [3.63, 3.8) is 0 Å².